The number of halogens is 2. The zero-order valence-corrected chi connectivity index (χ0v) is 15.7. The van der Waals surface area contributed by atoms with Crippen molar-refractivity contribution < 1.29 is 28.6 Å². The standard InChI is InChI=1S/C19H13Cl2NO6/c20-11-2-1-3-13(8-11)25-14-5-4-12(21)9-15(14)26-16-10-22-19(16)27-17(23)6-7-18(24)28-22/h1-9,16,19H,10H2/b7-6-. The number of esters is 1. The van der Waals surface area contributed by atoms with Crippen molar-refractivity contribution >= 4 is 35.1 Å². The fourth-order valence-electron chi connectivity index (χ4n) is 2.66. The molecule has 1 saturated heterocycles. The number of hydrogen-bond donors (Lipinski definition) is 0. The first-order valence-corrected chi connectivity index (χ1v) is 9.00. The van der Waals surface area contributed by atoms with Gasteiger partial charge in [-0.2, -0.15) is 0 Å². The second-order valence-electron chi connectivity index (χ2n) is 5.98. The second kappa shape index (κ2) is 7.71. The highest BCUT2D eigenvalue weighted by molar-refractivity contribution is 6.31. The molecule has 144 valence electrons. The molecule has 2 aliphatic rings. The Kier molecular flexibility index (Phi) is 5.13. The lowest BCUT2D eigenvalue weighted by Crippen LogP contribution is -2.64. The van der Waals surface area contributed by atoms with Crippen molar-refractivity contribution in [3.05, 3.63) is 64.7 Å². The van der Waals surface area contributed by atoms with Crippen LogP contribution in [0.4, 0.5) is 0 Å². The summed E-state index contributed by atoms with van der Waals surface area (Å²) < 4.78 is 17.0. The second-order valence-corrected chi connectivity index (χ2v) is 6.85. The zero-order chi connectivity index (χ0) is 19.7. The number of nitrogens with zero attached hydrogens (tertiary/aromatic N) is 1. The van der Waals surface area contributed by atoms with Crippen molar-refractivity contribution in [1.82, 2.24) is 5.06 Å². The number of hydrogen-bond acceptors (Lipinski definition) is 7. The van der Waals surface area contributed by atoms with Crippen LogP contribution in [0.15, 0.2) is 54.6 Å². The first kappa shape index (κ1) is 18.6. The monoisotopic (exact) mass is 421 g/mol. The lowest BCUT2D eigenvalue weighted by molar-refractivity contribution is -0.309. The minimum Gasteiger partial charge on any atom is -0.479 e. The summed E-state index contributed by atoms with van der Waals surface area (Å²) in [6.45, 7) is 0.209. The Hall–Kier alpha value is -2.74. The number of fused-ring (bicyclic) bond motifs is 1. The summed E-state index contributed by atoms with van der Waals surface area (Å²) in [5, 5.41) is 2.20. The molecular formula is C19H13Cl2NO6. The molecule has 0 amide bonds. The molecule has 0 saturated carbocycles. The minimum atomic E-state index is -0.876. The highest BCUT2D eigenvalue weighted by atomic mass is 35.5. The quantitative estimate of drug-likeness (QED) is 0.695. The van der Waals surface area contributed by atoms with Crippen LogP contribution in [0, 0.1) is 0 Å². The van der Waals surface area contributed by atoms with Gasteiger partial charge >= 0.3 is 11.9 Å². The van der Waals surface area contributed by atoms with Crippen LogP contribution in [0.3, 0.4) is 0 Å². The maximum atomic E-state index is 11.7. The number of hydroxylamine groups is 2. The molecule has 0 aromatic heterocycles. The van der Waals surface area contributed by atoms with Gasteiger partial charge in [0.05, 0.1) is 6.54 Å². The molecule has 0 aliphatic carbocycles. The first-order chi connectivity index (χ1) is 13.5. The molecule has 7 nitrogen and oxygen atoms in total. The van der Waals surface area contributed by atoms with Crippen LogP contribution in [0.25, 0.3) is 0 Å². The lowest BCUT2D eigenvalue weighted by atomic mass is 10.1. The van der Waals surface area contributed by atoms with Gasteiger partial charge in [0.2, 0.25) is 6.23 Å². The van der Waals surface area contributed by atoms with Gasteiger partial charge in [0.25, 0.3) is 0 Å². The average molecular weight is 422 g/mol. The smallest absolute Gasteiger partial charge is 0.350 e. The molecular weight excluding hydrogens is 409 g/mol. The van der Waals surface area contributed by atoms with Crippen LogP contribution in [0.1, 0.15) is 0 Å². The zero-order valence-electron chi connectivity index (χ0n) is 14.2. The van der Waals surface area contributed by atoms with Crippen molar-refractivity contribution in [3.63, 3.8) is 0 Å². The van der Waals surface area contributed by atoms with Gasteiger partial charge in [-0.05, 0) is 30.3 Å². The van der Waals surface area contributed by atoms with E-state index in [1.54, 1.807) is 42.5 Å². The van der Waals surface area contributed by atoms with Crippen LogP contribution in [0.5, 0.6) is 17.2 Å². The maximum Gasteiger partial charge on any atom is 0.350 e. The summed E-state index contributed by atoms with van der Waals surface area (Å²) in [6.07, 6.45) is 0.547. The number of ether oxygens (including phenoxy) is 3. The Morgan fingerprint density at radius 1 is 0.964 bits per heavy atom. The van der Waals surface area contributed by atoms with E-state index in [9.17, 15) is 9.59 Å². The van der Waals surface area contributed by atoms with Crippen LogP contribution in [0.2, 0.25) is 10.0 Å². The van der Waals surface area contributed by atoms with Crippen LogP contribution in [-0.4, -0.2) is 35.9 Å². The Labute approximate surface area is 169 Å². The number of carbonyl (C=O) groups is 2. The molecule has 2 aliphatic heterocycles. The molecule has 2 heterocycles. The topological polar surface area (TPSA) is 74.3 Å². The van der Waals surface area contributed by atoms with Gasteiger partial charge in [-0.25, -0.2) is 9.59 Å². The van der Waals surface area contributed by atoms with Gasteiger partial charge < -0.3 is 19.0 Å². The normalized spacial score (nSPS) is 22.6. The Morgan fingerprint density at radius 2 is 1.75 bits per heavy atom. The predicted octanol–water partition coefficient (Wildman–Crippen LogP) is 3.75. The SMILES string of the molecule is O=C1/C=C\C(=O)ON2CC(Oc3cc(Cl)ccc3Oc3cccc(Cl)c3)C2O1. The van der Waals surface area contributed by atoms with Crippen molar-refractivity contribution in [2.45, 2.75) is 12.3 Å². The molecule has 1 fully saturated rings. The third kappa shape index (κ3) is 4.06. The summed E-state index contributed by atoms with van der Waals surface area (Å²) in [5.74, 6) is -0.0584. The third-order valence-corrected chi connectivity index (χ3v) is 4.44. The molecule has 0 bridgehead atoms. The van der Waals surface area contributed by atoms with E-state index in [-0.39, 0.29) is 6.54 Å². The van der Waals surface area contributed by atoms with Crippen LogP contribution < -0.4 is 9.47 Å². The largest absolute Gasteiger partial charge is 0.479 e. The number of carbonyl (C=O) groups excluding carboxylic acids is 2. The van der Waals surface area contributed by atoms with Gasteiger partial charge in [0.1, 0.15) is 5.75 Å². The molecule has 0 spiro atoms. The molecule has 28 heavy (non-hydrogen) atoms. The molecule has 9 heteroatoms. The molecule has 2 atom stereocenters. The maximum absolute atomic E-state index is 11.7. The highest BCUT2D eigenvalue weighted by Crippen LogP contribution is 2.37. The van der Waals surface area contributed by atoms with E-state index in [1.807, 2.05) is 0 Å². The Bertz CT molecular complexity index is 963. The van der Waals surface area contributed by atoms with Crippen molar-refractivity contribution in [2.24, 2.45) is 0 Å². The van der Waals surface area contributed by atoms with Crippen molar-refractivity contribution in [3.8, 4) is 17.2 Å². The summed E-state index contributed by atoms with van der Waals surface area (Å²) in [6, 6.07) is 11.8. The number of benzene rings is 2. The van der Waals surface area contributed by atoms with Gasteiger partial charge in [-0.1, -0.05) is 34.3 Å². The Balaban J connectivity index is 1.53. The summed E-state index contributed by atoms with van der Waals surface area (Å²) in [5.41, 5.74) is 0. The van der Waals surface area contributed by atoms with E-state index in [0.29, 0.717) is 27.3 Å². The molecule has 2 unspecified atom stereocenters. The van der Waals surface area contributed by atoms with E-state index >= 15 is 0 Å². The van der Waals surface area contributed by atoms with E-state index in [4.69, 9.17) is 42.3 Å². The third-order valence-electron chi connectivity index (χ3n) is 3.97. The highest BCUT2D eigenvalue weighted by Gasteiger charge is 2.47. The van der Waals surface area contributed by atoms with Crippen molar-refractivity contribution in [2.75, 3.05) is 6.54 Å². The van der Waals surface area contributed by atoms with Gasteiger partial charge in [-0.3, -0.25) is 0 Å². The van der Waals surface area contributed by atoms with Gasteiger partial charge in [0.15, 0.2) is 17.6 Å². The molecule has 2 aromatic carbocycles. The van der Waals surface area contributed by atoms with Crippen LogP contribution >= 0.6 is 23.2 Å². The summed E-state index contributed by atoms with van der Waals surface area (Å²) in [7, 11) is 0. The van der Waals surface area contributed by atoms with E-state index in [0.717, 1.165) is 12.2 Å². The van der Waals surface area contributed by atoms with E-state index in [2.05, 4.69) is 0 Å². The Morgan fingerprint density at radius 3 is 2.57 bits per heavy atom. The molecule has 2 aromatic rings. The summed E-state index contributed by atoms with van der Waals surface area (Å²) >= 11 is 12.1. The van der Waals surface area contributed by atoms with E-state index < -0.39 is 24.3 Å². The molecule has 4 rings (SSSR count). The number of rotatable bonds is 4. The molecule has 0 radical (unpaired) electrons. The fourth-order valence-corrected chi connectivity index (χ4v) is 3.00. The fraction of sp³-hybridized carbons (Fsp3) is 0.158. The molecule has 0 N–H and O–H groups in total. The minimum absolute atomic E-state index is 0.209. The summed E-state index contributed by atoms with van der Waals surface area (Å²) in [4.78, 5) is 28.3. The predicted molar refractivity (Wildman–Crippen MR) is 99.2 cm³/mol. The van der Waals surface area contributed by atoms with Crippen molar-refractivity contribution in [1.29, 1.82) is 0 Å². The van der Waals surface area contributed by atoms with Gasteiger partial charge in [-0.15, -0.1) is 0 Å². The van der Waals surface area contributed by atoms with E-state index in [1.165, 1.54) is 5.06 Å². The average Bonchev–Trinajstić information content (AvgIpc) is 2.65. The first-order valence-electron chi connectivity index (χ1n) is 8.25. The van der Waals surface area contributed by atoms with Crippen LogP contribution in [-0.2, 0) is 19.2 Å². The lowest BCUT2D eigenvalue weighted by Gasteiger charge is -2.43. The van der Waals surface area contributed by atoms with Gasteiger partial charge in [0, 0.05) is 28.3 Å².